The van der Waals surface area contributed by atoms with Gasteiger partial charge in [0.25, 0.3) is 5.91 Å². The van der Waals surface area contributed by atoms with Crippen LogP contribution in [0.4, 0.5) is 14.5 Å². The lowest BCUT2D eigenvalue weighted by Crippen LogP contribution is -2.40. The van der Waals surface area contributed by atoms with E-state index in [1.54, 1.807) is 24.3 Å². The molecule has 29 heavy (non-hydrogen) atoms. The first kappa shape index (κ1) is 20.4. The van der Waals surface area contributed by atoms with E-state index in [-0.39, 0.29) is 5.56 Å². The third-order valence-corrected chi connectivity index (χ3v) is 4.75. The number of para-hydroxylation sites is 1. The van der Waals surface area contributed by atoms with Crippen LogP contribution < -0.4 is 10.1 Å². The molecule has 10 heteroatoms. The monoisotopic (exact) mass is 421 g/mol. The van der Waals surface area contributed by atoms with Crippen molar-refractivity contribution in [3.63, 3.8) is 0 Å². The van der Waals surface area contributed by atoms with E-state index in [4.69, 9.17) is 4.55 Å². The number of anilines is 1. The molecule has 0 bridgehead atoms. The van der Waals surface area contributed by atoms with Crippen molar-refractivity contribution in [1.29, 1.82) is 0 Å². The van der Waals surface area contributed by atoms with Gasteiger partial charge in [0.05, 0.1) is 5.56 Å². The van der Waals surface area contributed by atoms with E-state index in [0.717, 1.165) is 16.8 Å². The van der Waals surface area contributed by atoms with Crippen LogP contribution in [-0.2, 0) is 14.9 Å². The number of esters is 1. The Kier molecular flexibility index (Phi) is 5.31. The first-order valence-corrected chi connectivity index (χ1v) is 9.50. The number of amides is 1. The molecule has 0 heterocycles. The average molecular weight is 421 g/mol. The Bertz CT molecular complexity index is 1200. The number of hydrogen-bond donors (Lipinski definition) is 2. The lowest BCUT2D eigenvalue weighted by atomic mass is 10.1. The summed E-state index contributed by atoms with van der Waals surface area (Å²) in [5.74, 6) is -3.91. The van der Waals surface area contributed by atoms with Gasteiger partial charge in [-0.2, -0.15) is 17.2 Å². The fraction of sp³-hybridized carbons (Fsp3) is 0.0526. The summed E-state index contributed by atoms with van der Waals surface area (Å²) in [4.78, 5) is 24.2. The summed E-state index contributed by atoms with van der Waals surface area (Å²) >= 11 is 0. The summed E-state index contributed by atoms with van der Waals surface area (Å²) in [6.45, 7) is 0. The molecule has 3 aromatic carbocycles. The lowest BCUT2D eigenvalue weighted by Gasteiger charge is -2.14. The molecule has 0 atom stereocenters. The van der Waals surface area contributed by atoms with Gasteiger partial charge in [0.15, 0.2) is 0 Å². The molecule has 3 aromatic rings. The number of fused-ring (bicyclic) bond motifs is 1. The zero-order chi connectivity index (χ0) is 21.2. The van der Waals surface area contributed by atoms with Gasteiger partial charge in [-0.05, 0) is 23.6 Å². The Morgan fingerprint density at radius 1 is 0.931 bits per heavy atom. The minimum atomic E-state index is -6.04. The maximum absolute atomic E-state index is 13.5. The van der Waals surface area contributed by atoms with Gasteiger partial charge in [-0.15, -0.1) is 0 Å². The predicted molar refractivity (Wildman–Crippen MR) is 100 cm³/mol. The summed E-state index contributed by atoms with van der Waals surface area (Å²) in [6.07, 6.45) is 0. The zero-order valence-electron chi connectivity index (χ0n) is 14.5. The van der Waals surface area contributed by atoms with Crippen LogP contribution in [0.15, 0.2) is 66.7 Å². The molecule has 0 saturated heterocycles. The van der Waals surface area contributed by atoms with Gasteiger partial charge in [-0.1, -0.05) is 48.5 Å². The summed E-state index contributed by atoms with van der Waals surface area (Å²) in [5, 5.41) is -1.03. The Morgan fingerprint density at radius 2 is 1.55 bits per heavy atom. The summed E-state index contributed by atoms with van der Waals surface area (Å²) in [6, 6.07) is 17.3. The molecule has 0 aliphatic carbocycles. The fourth-order valence-electron chi connectivity index (χ4n) is 2.53. The van der Waals surface area contributed by atoms with Crippen molar-refractivity contribution < 1.29 is 36.1 Å². The molecular weight excluding hydrogens is 408 g/mol. The van der Waals surface area contributed by atoms with Crippen LogP contribution in [0, 0.1) is 0 Å². The summed E-state index contributed by atoms with van der Waals surface area (Å²) < 4.78 is 61.2. The topological polar surface area (TPSA) is 110 Å². The van der Waals surface area contributed by atoms with Crippen molar-refractivity contribution in [3.8, 4) is 5.75 Å². The molecule has 0 spiro atoms. The molecule has 150 valence electrons. The van der Waals surface area contributed by atoms with Crippen molar-refractivity contribution in [3.05, 3.63) is 72.3 Å². The number of rotatable bonds is 5. The molecule has 3 rings (SSSR count). The Morgan fingerprint density at radius 3 is 2.28 bits per heavy atom. The standard InChI is InChI=1S/C19H13F2NO6S/c20-19(21,29(25,26)27)18(24)28-16-11-4-3-9-14(16)17(23)22-15-10-5-7-12-6-1-2-8-13(12)15/h1-11H,(H,22,23)(H,25,26,27). The Balaban J connectivity index is 1.90. The predicted octanol–water partition coefficient (Wildman–Crippen LogP) is 3.48. The highest BCUT2D eigenvalue weighted by Gasteiger charge is 2.54. The minimum absolute atomic E-state index is 0.292. The maximum Gasteiger partial charge on any atom is 0.466 e. The molecule has 7 nitrogen and oxygen atoms in total. The molecule has 0 saturated carbocycles. The number of nitrogens with one attached hydrogen (secondary N) is 1. The highest BCUT2D eigenvalue weighted by Crippen LogP contribution is 2.28. The van der Waals surface area contributed by atoms with Crippen LogP contribution in [0.3, 0.4) is 0 Å². The number of hydrogen-bond acceptors (Lipinski definition) is 5. The zero-order valence-corrected chi connectivity index (χ0v) is 15.3. The highest BCUT2D eigenvalue weighted by molar-refractivity contribution is 7.87. The molecule has 0 aromatic heterocycles. The number of carbonyl (C=O) groups excluding carboxylic acids is 2. The number of alkyl halides is 2. The van der Waals surface area contributed by atoms with Gasteiger partial charge in [-0.25, -0.2) is 4.79 Å². The first-order valence-electron chi connectivity index (χ1n) is 8.06. The molecule has 0 radical (unpaired) electrons. The van der Waals surface area contributed by atoms with E-state index in [1.165, 1.54) is 18.2 Å². The van der Waals surface area contributed by atoms with Gasteiger partial charge in [0.2, 0.25) is 0 Å². The second-order valence-electron chi connectivity index (χ2n) is 5.86. The van der Waals surface area contributed by atoms with E-state index in [9.17, 15) is 26.8 Å². The van der Waals surface area contributed by atoms with Gasteiger partial charge in [-0.3, -0.25) is 9.35 Å². The van der Waals surface area contributed by atoms with E-state index < -0.39 is 33.0 Å². The van der Waals surface area contributed by atoms with Crippen LogP contribution in [-0.4, -0.2) is 30.1 Å². The van der Waals surface area contributed by atoms with Crippen molar-refractivity contribution in [2.24, 2.45) is 0 Å². The van der Waals surface area contributed by atoms with Crippen LogP contribution in [0.2, 0.25) is 0 Å². The third kappa shape index (κ3) is 4.08. The summed E-state index contributed by atoms with van der Waals surface area (Å²) in [7, 11) is -6.04. The highest BCUT2D eigenvalue weighted by atomic mass is 32.2. The third-order valence-electron chi connectivity index (χ3n) is 3.93. The van der Waals surface area contributed by atoms with Gasteiger partial charge >= 0.3 is 21.3 Å². The SMILES string of the molecule is O=C(Nc1cccc2ccccc12)c1ccccc1OC(=O)C(F)(F)S(=O)(=O)O. The van der Waals surface area contributed by atoms with Gasteiger partial charge in [0.1, 0.15) is 5.75 Å². The van der Waals surface area contributed by atoms with Crippen molar-refractivity contribution >= 4 is 38.5 Å². The van der Waals surface area contributed by atoms with E-state index in [2.05, 4.69) is 10.1 Å². The quantitative estimate of drug-likeness (QED) is 0.371. The maximum atomic E-state index is 13.5. The fourth-order valence-corrected chi connectivity index (χ4v) is 2.78. The molecule has 0 unspecified atom stereocenters. The second-order valence-corrected chi connectivity index (χ2v) is 7.32. The number of carbonyl (C=O) groups is 2. The number of ether oxygens (including phenoxy) is 1. The lowest BCUT2D eigenvalue weighted by molar-refractivity contribution is -0.151. The van der Waals surface area contributed by atoms with Gasteiger partial charge < -0.3 is 10.1 Å². The average Bonchev–Trinajstić information content (AvgIpc) is 2.67. The number of benzene rings is 3. The normalized spacial score (nSPS) is 11.8. The van der Waals surface area contributed by atoms with Crippen molar-refractivity contribution in [2.45, 2.75) is 5.25 Å². The first-order chi connectivity index (χ1) is 13.6. The molecule has 0 aliphatic heterocycles. The molecular formula is C19H13F2NO6S. The largest absolute Gasteiger partial charge is 0.466 e. The minimum Gasteiger partial charge on any atom is -0.420 e. The Hall–Kier alpha value is -3.37. The number of halogens is 2. The molecule has 0 aliphatic rings. The van der Waals surface area contributed by atoms with Gasteiger partial charge in [0, 0.05) is 11.1 Å². The van der Waals surface area contributed by atoms with E-state index >= 15 is 0 Å². The van der Waals surface area contributed by atoms with Crippen molar-refractivity contribution in [2.75, 3.05) is 5.32 Å². The van der Waals surface area contributed by atoms with Crippen LogP contribution >= 0.6 is 0 Å². The van der Waals surface area contributed by atoms with E-state index in [0.29, 0.717) is 5.69 Å². The van der Waals surface area contributed by atoms with Crippen LogP contribution in [0.5, 0.6) is 5.75 Å². The second kappa shape index (κ2) is 7.57. The van der Waals surface area contributed by atoms with Crippen molar-refractivity contribution in [1.82, 2.24) is 0 Å². The smallest absolute Gasteiger partial charge is 0.420 e. The molecule has 0 fully saturated rings. The van der Waals surface area contributed by atoms with E-state index in [1.807, 2.05) is 18.2 Å². The van der Waals surface area contributed by atoms with Crippen LogP contribution in [0.25, 0.3) is 10.8 Å². The Labute approximate surface area is 163 Å². The van der Waals surface area contributed by atoms with Crippen LogP contribution in [0.1, 0.15) is 10.4 Å². The molecule has 1 amide bonds. The summed E-state index contributed by atoms with van der Waals surface area (Å²) in [5.41, 5.74) is 0.136. The molecule has 2 N–H and O–H groups in total.